The molecule has 0 unspecified atom stereocenters. The summed E-state index contributed by atoms with van der Waals surface area (Å²) in [5.74, 6) is 0.551. The molecule has 26 heavy (non-hydrogen) atoms. The lowest BCUT2D eigenvalue weighted by atomic mass is 10.1. The molecule has 2 heterocycles. The average molecular weight is 358 g/mol. The van der Waals surface area contributed by atoms with Crippen LogP contribution in [0.2, 0.25) is 0 Å². The van der Waals surface area contributed by atoms with E-state index in [2.05, 4.69) is 9.97 Å². The predicted octanol–water partition coefficient (Wildman–Crippen LogP) is 0.911. The van der Waals surface area contributed by atoms with Gasteiger partial charge in [-0.1, -0.05) is 13.8 Å². The van der Waals surface area contributed by atoms with Gasteiger partial charge in [0.15, 0.2) is 0 Å². The molecule has 0 spiro atoms. The Morgan fingerprint density at radius 3 is 1.50 bits per heavy atom. The second-order valence-corrected chi connectivity index (χ2v) is 6.17. The van der Waals surface area contributed by atoms with Crippen LogP contribution >= 0.6 is 0 Å². The third kappa shape index (κ3) is 2.91. The molecule has 8 heteroatoms. The number of benzene rings is 1. The molecule has 0 bridgehead atoms. The van der Waals surface area contributed by atoms with Gasteiger partial charge < -0.3 is 10.2 Å². The first kappa shape index (κ1) is 18.2. The van der Waals surface area contributed by atoms with Crippen molar-refractivity contribution in [1.82, 2.24) is 19.1 Å². The Labute approximate surface area is 149 Å². The van der Waals surface area contributed by atoms with Crippen molar-refractivity contribution in [3.8, 4) is 0 Å². The van der Waals surface area contributed by atoms with Gasteiger partial charge in [-0.15, -0.1) is 0 Å². The number of aliphatic hydroxyl groups is 2. The zero-order chi connectivity index (χ0) is 18.8. The molecule has 2 N–H and O–H groups in total. The van der Waals surface area contributed by atoms with Crippen molar-refractivity contribution < 1.29 is 10.2 Å². The van der Waals surface area contributed by atoms with Gasteiger partial charge in [0.05, 0.1) is 21.8 Å². The summed E-state index contributed by atoms with van der Waals surface area (Å²) in [7, 11) is 0. The Hall–Kier alpha value is -2.58. The van der Waals surface area contributed by atoms with Crippen LogP contribution in [0, 0.1) is 0 Å². The molecule has 0 atom stereocenters. The SMILES string of the molecule is CCCn1c(CO)nc2cc3c(=O)n(CCC)c(CO)nc3cc2c1=O. The second kappa shape index (κ2) is 7.35. The minimum absolute atomic E-state index is 0.270. The third-order valence-electron chi connectivity index (χ3n) is 4.36. The summed E-state index contributed by atoms with van der Waals surface area (Å²) < 4.78 is 2.89. The number of aliphatic hydroxyl groups excluding tert-OH is 2. The Morgan fingerprint density at radius 2 is 1.19 bits per heavy atom. The first-order chi connectivity index (χ1) is 12.5. The summed E-state index contributed by atoms with van der Waals surface area (Å²) in [5, 5.41) is 19.8. The van der Waals surface area contributed by atoms with E-state index in [0.29, 0.717) is 34.9 Å². The lowest BCUT2D eigenvalue weighted by Crippen LogP contribution is -2.27. The molecule has 0 aliphatic carbocycles. The number of nitrogens with zero attached hydrogens (tertiary/aromatic N) is 4. The predicted molar refractivity (Wildman–Crippen MR) is 98.0 cm³/mol. The third-order valence-corrected chi connectivity index (χ3v) is 4.36. The molecule has 3 aromatic rings. The maximum atomic E-state index is 12.8. The fourth-order valence-electron chi connectivity index (χ4n) is 3.18. The largest absolute Gasteiger partial charge is 0.388 e. The molecule has 0 radical (unpaired) electrons. The first-order valence-corrected chi connectivity index (χ1v) is 8.74. The minimum Gasteiger partial charge on any atom is -0.388 e. The van der Waals surface area contributed by atoms with Crippen LogP contribution in [0.25, 0.3) is 21.8 Å². The summed E-state index contributed by atoms with van der Waals surface area (Å²) in [5.41, 5.74) is 0.177. The average Bonchev–Trinajstić information content (AvgIpc) is 2.65. The lowest BCUT2D eigenvalue weighted by Gasteiger charge is -2.13. The summed E-state index contributed by atoms with van der Waals surface area (Å²) in [6, 6.07) is 3.09. The van der Waals surface area contributed by atoms with E-state index in [9.17, 15) is 19.8 Å². The van der Waals surface area contributed by atoms with Crippen LogP contribution in [-0.4, -0.2) is 29.3 Å². The van der Waals surface area contributed by atoms with Crippen molar-refractivity contribution in [3.05, 3.63) is 44.5 Å². The maximum Gasteiger partial charge on any atom is 0.261 e. The van der Waals surface area contributed by atoms with Gasteiger partial charge in [0.2, 0.25) is 0 Å². The summed E-state index contributed by atoms with van der Waals surface area (Å²) >= 11 is 0. The normalized spacial score (nSPS) is 11.5. The number of rotatable bonds is 6. The Morgan fingerprint density at radius 1 is 0.808 bits per heavy atom. The zero-order valence-electron chi connectivity index (χ0n) is 14.9. The monoisotopic (exact) mass is 358 g/mol. The Bertz CT molecular complexity index is 997. The van der Waals surface area contributed by atoms with Crippen molar-refractivity contribution in [2.24, 2.45) is 0 Å². The highest BCUT2D eigenvalue weighted by Crippen LogP contribution is 2.17. The Kier molecular flexibility index (Phi) is 5.15. The van der Waals surface area contributed by atoms with Crippen LogP contribution in [0.15, 0.2) is 21.7 Å². The number of hydrogen-bond acceptors (Lipinski definition) is 6. The van der Waals surface area contributed by atoms with Gasteiger partial charge in [0.1, 0.15) is 24.9 Å². The van der Waals surface area contributed by atoms with Gasteiger partial charge >= 0.3 is 0 Å². The molecule has 0 saturated heterocycles. The molecule has 0 amide bonds. The van der Waals surface area contributed by atoms with Crippen molar-refractivity contribution in [3.63, 3.8) is 0 Å². The van der Waals surface area contributed by atoms with Crippen LogP contribution in [0.4, 0.5) is 0 Å². The first-order valence-electron chi connectivity index (χ1n) is 8.74. The van der Waals surface area contributed by atoms with Gasteiger partial charge in [-0.2, -0.15) is 0 Å². The molecule has 0 fully saturated rings. The van der Waals surface area contributed by atoms with E-state index < -0.39 is 0 Å². The van der Waals surface area contributed by atoms with Crippen LogP contribution in [0.1, 0.15) is 38.3 Å². The van der Waals surface area contributed by atoms with Crippen molar-refractivity contribution in [1.29, 1.82) is 0 Å². The smallest absolute Gasteiger partial charge is 0.261 e. The van der Waals surface area contributed by atoms with Gasteiger partial charge in [-0.25, -0.2) is 9.97 Å². The number of hydrogen-bond donors (Lipinski definition) is 2. The number of fused-ring (bicyclic) bond motifs is 2. The molecule has 0 aliphatic heterocycles. The van der Waals surface area contributed by atoms with E-state index >= 15 is 0 Å². The van der Waals surface area contributed by atoms with Gasteiger partial charge in [-0.3, -0.25) is 18.7 Å². The zero-order valence-corrected chi connectivity index (χ0v) is 14.9. The summed E-state index contributed by atoms with van der Waals surface area (Å²) in [6.45, 7) is 4.05. The molecule has 138 valence electrons. The Balaban J connectivity index is 2.41. The van der Waals surface area contributed by atoms with E-state index in [0.717, 1.165) is 12.8 Å². The fraction of sp³-hybridized carbons (Fsp3) is 0.444. The highest BCUT2D eigenvalue weighted by molar-refractivity contribution is 5.93. The molecule has 0 aliphatic rings. The van der Waals surface area contributed by atoms with Crippen molar-refractivity contribution >= 4 is 21.8 Å². The molecule has 1 aromatic carbocycles. The van der Waals surface area contributed by atoms with E-state index in [-0.39, 0.29) is 36.0 Å². The van der Waals surface area contributed by atoms with Gasteiger partial charge in [0, 0.05) is 13.1 Å². The van der Waals surface area contributed by atoms with Crippen LogP contribution < -0.4 is 11.1 Å². The van der Waals surface area contributed by atoms with Crippen LogP contribution in [-0.2, 0) is 26.3 Å². The molecule has 8 nitrogen and oxygen atoms in total. The molecule has 0 saturated carbocycles. The maximum absolute atomic E-state index is 12.8. The van der Waals surface area contributed by atoms with E-state index in [1.165, 1.54) is 9.13 Å². The lowest BCUT2D eigenvalue weighted by molar-refractivity contribution is 0.262. The van der Waals surface area contributed by atoms with Crippen LogP contribution in [0.3, 0.4) is 0 Å². The van der Waals surface area contributed by atoms with Crippen LogP contribution in [0.5, 0.6) is 0 Å². The molecule has 3 rings (SSSR count). The highest BCUT2D eigenvalue weighted by Gasteiger charge is 2.15. The highest BCUT2D eigenvalue weighted by atomic mass is 16.3. The number of aromatic nitrogens is 4. The van der Waals surface area contributed by atoms with E-state index in [1.807, 2.05) is 13.8 Å². The van der Waals surface area contributed by atoms with Gasteiger partial charge in [-0.05, 0) is 25.0 Å². The summed E-state index contributed by atoms with van der Waals surface area (Å²) in [4.78, 5) is 34.3. The minimum atomic E-state index is -0.356. The van der Waals surface area contributed by atoms with E-state index in [1.54, 1.807) is 12.1 Å². The molecule has 2 aromatic heterocycles. The topological polar surface area (TPSA) is 110 Å². The standard InChI is InChI=1S/C18H22N4O4/c1-3-5-21-15(9-23)19-13-8-12-14(7-11(13)17(21)25)20-16(10-24)22(6-4-2)18(12)26/h7-8,23-24H,3-6,9-10H2,1-2H3. The molecular formula is C18H22N4O4. The van der Waals surface area contributed by atoms with Crippen molar-refractivity contribution in [2.75, 3.05) is 0 Å². The molecular weight excluding hydrogens is 336 g/mol. The summed E-state index contributed by atoms with van der Waals surface area (Å²) in [6.07, 6.45) is 1.45. The quantitative estimate of drug-likeness (QED) is 0.634. The van der Waals surface area contributed by atoms with Crippen molar-refractivity contribution in [2.45, 2.75) is 53.0 Å². The van der Waals surface area contributed by atoms with E-state index in [4.69, 9.17) is 0 Å². The van der Waals surface area contributed by atoms with Gasteiger partial charge in [0.25, 0.3) is 11.1 Å². The fourth-order valence-corrected chi connectivity index (χ4v) is 3.18. The second-order valence-electron chi connectivity index (χ2n) is 6.17.